The quantitative estimate of drug-likeness (QED) is 0.210. The van der Waals surface area contributed by atoms with Gasteiger partial charge in [0.25, 0.3) is 11.5 Å². The van der Waals surface area contributed by atoms with E-state index in [-0.39, 0.29) is 42.4 Å². The van der Waals surface area contributed by atoms with Crippen LogP contribution in [0.25, 0.3) is 21.8 Å². The van der Waals surface area contributed by atoms with Crippen LogP contribution in [-0.4, -0.2) is 98.0 Å². The molecule has 1 aliphatic carbocycles. The number of hydrogen-bond donors (Lipinski definition) is 4. The number of halogens is 1. The van der Waals surface area contributed by atoms with Crippen molar-refractivity contribution in [2.24, 2.45) is 5.92 Å². The minimum atomic E-state index is -1.11. The summed E-state index contributed by atoms with van der Waals surface area (Å²) in [6, 6.07) is 12.1. The van der Waals surface area contributed by atoms with Gasteiger partial charge in [-0.15, -0.1) is 0 Å². The Morgan fingerprint density at radius 2 is 1.73 bits per heavy atom. The van der Waals surface area contributed by atoms with Crippen LogP contribution in [0.1, 0.15) is 48.9 Å². The van der Waals surface area contributed by atoms with Crippen LogP contribution < -0.4 is 16.2 Å². The summed E-state index contributed by atoms with van der Waals surface area (Å²) in [6.07, 6.45) is 6.33. The highest BCUT2D eigenvalue weighted by atomic mass is 35.5. The zero-order valence-corrected chi connectivity index (χ0v) is 28.0. The third kappa shape index (κ3) is 7.68. The summed E-state index contributed by atoms with van der Waals surface area (Å²) < 4.78 is 1.44. The van der Waals surface area contributed by atoms with Crippen LogP contribution in [0.15, 0.2) is 59.8 Å². The molecule has 2 aromatic heterocycles. The summed E-state index contributed by atoms with van der Waals surface area (Å²) in [4.78, 5) is 50.9. The molecular formula is C35H42ClN7O5. The lowest BCUT2D eigenvalue weighted by Gasteiger charge is -2.43. The van der Waals surface area contributed by atoms with Crippen molar-refractivity contribution in [2.45, 2.75) is 62.9 Å². The number of hydrogen-bond acceptors (Lipinski definition) is 9. The Morgan fingerprint density at radius 1 is 1.02 bits per heavy atom. The van der Waals surface area contributed by atoms with Crippen LogP contribution >= 0.6 is 11.6 Å². The van der Waals surface area contributed by atoms with Gasteiger partial charge in [0.15, 0.2) is 0 Å². The number of likely N-dealkylation sites (tertiary alicyclic amines) is 1. The molecule has 4 N–H and O–H groups in total. The molecule has 2 aromatic carbocycles. The summed E-state index contributed by atoms with van der Waals surface area (Å²) in [6.45, 7) is 1.34. The number of likely N-dealkylation sites (N-methyl/N-ethyl adjacent to an activating group) is 1. The highest BCUT2D eigenvalue weighted by Gasteiger charge is 2.38. The molecule has 13 heteroatoms. The van der Waals surface area contributed by atoms with Crippen LogP contribution in [-0.2, 0) is 11.3 Å². The molecule has 1 aliphatic heterocycles. The average Bonchev–Trinajstić information content (AvgIpc) is 3.06. The van der Waals surface area contributed by atoms with Gasteiger partial charge >= 0.3 is 0 Å². The van der Waals surface area contributed by atoms with Gasteiger partial charge in [0.05, 0.1) is 46.5 Å². The number of carbonyl (C=O) groups excluding carboxylic acids is 2. The highest BCUT2D eigenvalue weighted by Crippen LogP contribution is 2.32. The van der Waals surface area contributed by atoms with E-state index >= 15 is 0 Å². The number of pyridine rings is 1. The van der Waals surface area contributed by atoms with E-state index in [0.29, 0.717) is 58.6 Å². The number of fused-ring (bicyclic) bond motifs is 2. The second kappa shape index (κ2) is 14.3. The normalized spacial score (nSPS) is 20.5. The molecule has 1 saturated carbocycles. The maximum absolute atomic E-state index is 13.3. The smallest absolute Gasteiger partial charge is 0.261 e. The van der Waals surface area contributed by atoms with E-state index in [1.54, 1.807) is 47.5 Å². The van der Waals surface area contributed by atoms with Gasteiger partial charge in [-0.1, -0.05) is 17.7 Å². The molecule has 0 spiro atoms. The Labute approximate surface area is 283 Å². The van der Waals surface area contributed by atoms with Crippen molar-refractivity contribution in [1.29, 1.82) is 0 Å². The molecule has 2 amide bonds. The average molecular weight is 676 g/mol. The summed E-state index contributed by atoms with van der Waals surface area (Å²) in [7, 11) is 3.62. The van der Waals surface area contributed by atoms with Crippen molar-refractivity contribution < 1.29 is 19.8 Å². The molecule has 48 heavy (non-hydrogen) atoms. The van der Waals surface area contributed by atoms with E-state index in [0.717, 1.165) is 31.1 Å². The zero-order chi connectivity index (χ0) is 34.0. The van der Waals surface area contributed by atoms with E-state index in [9.17, 15) is 24.6 Å². The van der Waals surface area contributed by atoms with Gasteiger partial charge in [0, 0.05) is 42.0 Å². The van der Waals surface area contributed by atoms with E-state index in [2.05, 4.69) is 20.6 Å². The Balaban J connectivity index is 0.989. The van der Waals surface area contributed by atoms with Crippen LogP contribution in [0.4, 0.5) is 5.69 Å². The fraction of sp³-hybridized carbons (Fsp3) is 0.457. The van der Waals surface area contributed by atoms with E-state index in [1.165, 1.54) is 10.9 Å². The number of nitrogens with zero attached hydrogens (tertiary/aromatic N) is 5. The number of piperidine rings is 1. The Morgan fingerprint density at radius 3 is 2.46 bits per heavy atom. The first-order chi connectivity index (χ1) is 23.0. The van der Waals surface area contributed by atoms with E-state index in [4.69, 9.17) is 11.6 Å². The molecule has 4 aromatic rings. The molecule has 2 fully saturated rings. The Kier molecular flexibility index (Phi) is 10.1. The standard InChI is InChI=1S/C35H42ClN7O5/c1-41(2)19-31(44)39-25-8-10-27-30(18-25)38-21-43(34(27)47)20-35(48)12-15-42(16-13-35)33(46)22-3-6-24(7-4-22)40-32(45)23-5-9-26-28(36)11-14-37-29(26)17-23/h5,8-11,14,17-18,21-22,24,33,46,48H,3-4,6-7,12-13,15-16,19-20H2,1-2H3,(H,39,44)(H,40,45). The molecule has 3 heterocycles. The van der Waals surface area contributed by atoms with Gasteiger partial charge in [-0.25, -0.2) is 4.98 Å². The van der Waals surface area contributed by atoms with Crippen molar-refractivity contribution in [3.05, 3.63) is 75.9 Å². The lowest BCUT2D eigenvalue weighted by Crippen LogP contribution is -2.53. The van der Waals surface area contributed by atoms with Gasteiger partial charge in [0.2, 0.25) is 5.91 Å². The topological polar surface area (TPSA) is 153 Å². The second-order valence-electron chi connectivity index (χ2n) is 13.5. The number of rotatable bonds is 9. The second-order valence-corrected chi connectivity index (χ2v) is 13.9. The van der Waals surface area contributed by atoms with Gasteiger partial charge in [-0.2, -0.15) is 0 Å². The molecule has 1 atom stereocenters. The van der Waals surface area contributed by atoms with Crippen LogP contribution in [0.3, 0.4) is 0 Å². The molecule has 2 aliphatic rings. The maximum atomic E-state index is 13.3. The fourth-order valence-corrected chi connectivity index (χ4v) is 7.12. The molecule has 0 bridgehead atoms. The summed E-state index contributed by atoms with van der Waals surface area (Å²) in [5.41, 5.74) is 0.876. The number of amides is 2. The monoisotopic (exact) mass is 675 g/mol. The number of aromatic nitrogens is 3. The third-order valence-corrected chi connectivity index (χ3v) is 9.95. The Bertz CT molecular complexity index is 1870. The first kappa shape index (κ1) is 33.9. The third-order valence-electron chi connectivity index (χ3n) is 9.62. The SMILES string of the molecule is CN(C)CC(=O)Nc1ccc2c(=O)n(CC3(O)CCN(C(O)C4CCC(NC(=O)c5ccc6c(Cl)ccnc6c5)CC4)CC3)cnc2c1. The summed E-state index contributed by atoms with van der Waals surface area (Å²) >= 11 is 6.23. The van der Waals surface area contributed by atoms with Crippen LogP contribution in [0.2, 0.25) is 5.02 Å². The van der Waals surface area contributed by atoms with E-state index in [1.807, 2.05) is 25.1 Å². The predicted molar refractivity (Wildman–Crippen MR) is 185 cm³/mol. The number of carbonyl (C=O) groups is 2. The van der Waals surface area contributed by atoms with Crippen molar-refractivity contribution >= 4 is 50.9 Å². The lowest BCUT2D eigenvalue weighted by atomic mass is 9.83. The van der Waals surface area contributed by atoms with Crippen molar-refractivity contribution in [2.75, 3.05) is 39.0 Å². The number of aliphatic hydroxyl groups excluding tert-OH is 1. The number of anilines is 1. The zero-order valence-electron chi connectivity index (χ0n) is 27.2. The molecule has 0 radical (unpaired) electrons. The molecule has 12 nitrogen and oxygen atoms in total. The van der Waals surface area contributed by atoms with Gasteiger partial charge < -0.3 is 25.7 Å². The lowest BCUT2D eigenvalue weighted by molar-refractivity contribution is -0.116. The van der Waals surface area contributed by atoms with Crippen LogP contribution in [0, 0.1) is 5.92 Å². The fourth-order valence-electron chi connectivity index (χ4n) is 6.90. The van der Waals surface area contributed by atoms with Gasteiger partial charge in [-0.3, -0.25) is 28.8 Å². The first-order valence-electron chi connectivity index (χ1n) is 16.4. The van der Waals surface area contributed by atoms with Crippen molar-refractivity contribution in [1.82, 2.24) is 29.7 Å². The molecular weight excluding hydrogens is 634 g/mol. The van der Waals surface area contributed by atoms with E-state index < -0.39 is 11.8 Å². The molecule has 1 saturated heterocycles. The van der Waals surface area contributed by atoms with Gasteiger partial charge in [0.1, 0.15) is 6.23 Å². The molecule has 254 valence electrons. The molecule has 1 unspecified atom stereocenters. The number of benzene rings is 2. The minimum absolute atomic E-state index is 0.0257. The predicted octanol–water partition coefficient (Wildman–Crippen LogP) is 3.23. The first-order valence-corrected chi connectivity index (χ1v) is 16.8. The highest BCUT2D eigenvalue weighted by molar-refractivity contribution is 6.35. The minimum Gasteiger partial charge on any atom is -0.388 e. The van der Waals surface area contributed by atoms with Crippen LogP contribution in [0.5, 0.6) is 0 Å². The van der Waals surface area contributed by atoms with Crippen molar-refractivity contribution in [3.63, 3.8) is 0 Å². The maximum Gasteiger partial charge on any atom is 0.261 e. The largest absolute Gasteiger partial charge is 0.388 e. The van der Waals surface area contributed by atoms with Gasteiger partial charge in [-0.05, 0) is 94.9 Å². The summed E-state index contributed by atoms with van der Waals surface area (Å²) in [5.74, 6) is -0.237. The Hall–Kier alpha value is -3.94. The number of nitrogens with one attached hydrogen (secondary N) is 2. The van der Waals surface area contributed by atoms with Crippen molar-refractivity contribution in [3.8, 4) is 0 Å². The number of aliphatic hydroxyl groups is 2. The molecule has 6 rings (SSSR count). The summed E-state index contributed by atoms with van der Waals surface area (Å²) in [5, 5.41) is 30.5.